The van der Waals surface area contributed by atoms with E-state index in [-0.39, 0.29) is 30.0 Å². The first-order valence-electron chi connectivity index (χ1n) is 11.9. The summed E-state index contributed by atoms with van der Waals surface area (Å²) in [5, 5.41) is 3.55. The van der Waals surface area contributed by atoms with E-state index in [1.54, 1.807) is 37.3 Å². The first kappa shape index (κ1) is 30.6. The number of halogens is 2. The van der Waals surface area contributed by atoms with Crippen LogP contribution in [0.3, 0.4) is 0 Å². The smallest absolute Gasteiger partial charge is 0.244 e. The van der Waals surface area contributed by atoms with Gasteiger partial charge < -0.3 is 10.2 Å². The topological polar surface area (TPSA) is 104 Å². The highest BCUT2D eigenvalue weighted by atomic mass is 35.5. The first-order chi connectivity index (χ1) is 17.3. The summed E-state index contributed by atoms with van der Waals surface area (Å²) < 4.78 is 26.4. The minimum absolute atomic E-state index is 0.00718. The van der Waals surface area contributed by atoms with Crippen LogP contribution in [0.2, 0.25) is 10.0 Å². The van der Waals surface area contributed by atoms with Gasteiger partial charge in [0.25, 0.3) is 0 Å². The first-order valence-corrected chi connectivity index (χ1v) is 14.5. The molecule has 2 amide bonds. The van der Waals surface area contributed by atoms with Gasteiger partial charge in [0.05, 0.1) is 22.0 Å². The second-order valence-electron chi connectivity index (χ2n) is 8.89. The molecule has 0 spiro atoms. The van der Waals surface area contributed by atoms with Crippen LogP contribution in [-0.4, -0.2) is 55.8 Å². The van der Waals surface area contributed by atoms with Crippen molar-refractivity contribution in [3.63, 3.8) is 0 Å². The van der Waals surface area contributed by atoms with Crippen molar-refractivity contribution in [3.8, 4) is 0 Å². The van der Waals surface area contributed by atoms with Crippen LogP contribution in [-0.2, 0) is 26.2 Å². The molecule has 0 fully saturated rings. The second-order valence-corrected chi connectivity index (χ2v) is 11.6. The molecule has 0 bridgehead atoms. The highest BCUT2D eigenvalue weighted by Crippen LogP contribution is 2.25. The Hall–Kier alpha value is -2.62. The molecule has 0 radical (unpaired) electrons. The van der Waals surface area contributed by atoms with Gasteiger partial charge in [-0.3, -0.25) is 18.7 Å². The van der Waals surface area contributed by atoms with E-state index >= 15 is 0 Å². The third kappa shape index (κ3) is 8.45. The van der Waals surface area contributed by atoms with Crippen LogP contribution < -0.4 is 9.62 Å². The Morgan fingerprint density at radius 2 is 1.68 bits per heavy atom. The minimum Gasteiger partial charge on any atom is -0.352 e. The molecule has 1 N–H and O–H groups in total. The molecule has 2 aromatic carbocycles. The van der Waals surface area contributed by atoms with Crippen molar-refractivity contribution in [1.82, 2.24) is 10.2 Å². The maximum atomic E-state index is 13.7. The summed E-state index contributed by atoms with van der Waals surface area (Å²) >= 11 is 12.2. The van der Waals surface area contributed by atoms with Gasteiger partial charge in [0.2, 0.25) is 21.8 Å². The van der Waals surface area contributed by atoms with E-state index in [9.17, 15) is 22.8 Å². The van der Waals surface area contributed by atoms with Crippen molar-refractivity contribution in [2.24, 2.45) is 0 Å². The molecular weight excluding hydrogens is 537 g/mol. The lowest BCUT2D eigenvalue weighted by atomic mass is 10.1. The largest absolute Gasteiger partial charge is 0.352 e. The molecule has 2 atom stereocenters. The molecule has 2 unspecified atom stereocenters. The number of carbonyl (C=O) groups is 3. The maximum absolute atomic E-state index is 13.7. The Kier molecular flexibility index (Phi) is 11.0. The van der Waals surface area contributed by atoms with Gasteiger partial charge in [-0.05, 0) is 56.5 Å². The monoisotopic (exact) mass is 569 g/mol. The molecule has 37 heavy (non-hydrogen) atoms. The van der Waals surface area contributed by atoms with Crippen molar-refractivity contribution in [1.29, 1.82) is 0 Å². The van der Waals surface area contributed by atoms with Crippen LogP contribution in [0.25, 0.3) is 0 Å². The number of nitrogens with one attached hydrogen (secondary N) is 1. The molecule has 0 aliphatic heterocycles. The molecule has 0 heterocycles. The predicted octanol–water partition coefficient (Wildman–Crippen LogP) is 4.68. The highest BCUT2D eigenvalue weighted by Gasteiger charge is 2.32. The number of hydrogen-bond acceptors (Lipinski definition) is 5. The maximum Gasteiger partial charge on any atom is 0.244 e. The normalized spacial score (nSPS) is 12.9. The summed E-state index contributed by atoms with van der Waals surface area (Å²) in [6, 6.07) is 9.98. The van der Waals surface area contributed by atoms with E-state index in [1.165, 1.54) is 24.0 Å². The van der Waals surface area contributed by atoms with Gasteiger partial charge in [-0.15, -0.1) is 0 Å². The van der Waals surface area contributed by atoms with Crippen LogP contribution >= 0.6 is 23.2 Å². The summed E-state index contributed by atoms with van der Waals surface area (Å²) in [7, 11) is -3.91. The van der Waals surface area contributed by atoms with Crippen molar-refractivity contribution < 1.29 is 22.8 Å². The van der Waals surface area contributed by atoms with E-state index in [4.69, 9.17) is 23.2 Å². The SMILES string of the molecule is CCC(C)NC(=O)C(CC)N(Cc1ccc(Cl)c(Cl)c1)C(=O)CN(c1cccc(C(C)=O)c1)S(C)(=O)=O. The molecule has 0 aliphatic rings. The Balaban J connectivity index is 2.50. The Labute approximate surface area is 229 Å². The van der Waals surface area contributed by atoms with Gasteiger partial charge in [-0.25, -0.2) is 8.42 Å². The number of hydrogen-bond donors (Lipinski definition) is 1. The Bertz CT molecular complexity index is 1250. The van der Waals surface area contributed by atoms with Crippen molar-refractivity contribution in [2.45, 2.75) is 59.2 Å². The minimum atomic E-state index is -3.91. The molecule has 0 saturated heterocycles. The summed E-state index contributed by atoms with van der Waals surface area (Å²) in [5.74, 6) is -1.17. The number of rotatable bonds is 12. The molecule has 202 valence electrons. The van der Waals surface area contributed by atoms with Crippen LogP contribution in [0.1, 0.15) is 56.5 Å². The fourth-order valence-corrected chi connectivity index (χ4v) is 4.85. The number of ketones is 1. The van der Waals surface area contributed by atoms with Crippen molar-refractivity contribution in [2.75, 3.05) is 17.1 Å². The van der Waals surface area contributed by atoms with Crippen molar-refractivity contribution >= 4 is 56.5 Å². The summed E-state index contributed by atoms with van der Waals surface area (Å²) in [6.45, 7) is 6.39. The van der Waals surface area contributed by atoms with Crippen LogP contribution in [0.5, 0.6) is 0 Å². The van der Waals surface area contributed by atoms with Crippen molar-refractivity contribution in [3.05, 3.63) is 63.6 Å². The average Bonchev–Trinajstić information content (AvgIpc) is 2.83. The van der Waals surface area contributed by atoms with Gasteiger partial charge in [0, 0.05) is 18.2 Å². The van der Waals surface area contributed by atoms with E-state index < -0.39 is 28.5 Å². The molecular formula is C26H33Cl2N3O5S. The highest BCUT2D eigenvalue weighted by molar-refractivity contribution is 7.92. The number of sulfonamides is 1. The fraction of sp³-hybridized carbons (Fsp3) is 0.423. The molecule has 8 nitrogen and oxygen atoms in total. The van der Waals surface area contributed by atoms with E-state index in [0.29, 0.717) is 34.0 Å². The number of nitrogens with zero attached hydrogens (tertiary/aromatic N) is 2. The molecule has 0 aromatic heterocycles. The van der Waals surface area contributed by atoms with E-state index in [0.717, 1.165) is 10.6 Å². The number of carbonyl (C=O) groups excluding carboxylic acids is 3. The van der Waals surface area contributed by atoms with Gasteiger partial charge in [-0.1, -0.05) is 55.2 Å². The van der Waals surface area contributed by atoms with E-state index in [2.05, 4.69) is 5.32 Å². The van der Waals surface area contributed by atoms with E-state index in [1.807, 2.05) is 13.8 Å². The molecule has 11 heteroatoms. The lowest BCUT2D eigenvalue weighted by Crippen LogP contribution is -2.53. The third-order valence-corrected chi connectivity index (χ3v) is 7.82. The van der Waals surface area contributed by atoms with Crippen LogP contribution in [0.15, 0.2) is 42.5 Å². The summed E-state index contributed by atoms with van der Waals surface area (Å²) in [4.78, 5) is 40.1. The lowest BCUT2D eigenvalue weighted by molar-refractivity contribution is -0.140. The molecule has 2 rings (SSSR count). The van der Waals surface area contributed by atoms with Crippen LogP contribution in [0, 0.1) is 0 Å². The van der Waals surface area contributed by atoms with Gasteiger partial charge in [0.15, 0.2) is 5.78 Å². The third-order valence-electron chi connectivity index (χ3n) is 5.94. The molecule has 2 aromatic rings. The van der Waals surface area contributed by atoms with Gasteiger partial charge >= 0.3 is 0 Å². The number of amides is 2. The zero-order valence-electron chi connectivity index (χ0n) is 21.6. The lowest BCUT2D eigenvalue weighted by Gasteiger charge is -2.33. The zero-order valence-corrected chi connectivity index (χ0v) is 24.0. The van der Waals surface area contributed by atoms with Gasteiger partial charge in [-0.2, -0.15) is 0 Å². The Morgan fingerprint density at radius 3 is 2.22 bits per heavy atom. The fourth-order valence-electron chi connectivity index (χ4n) is 3.69. The summed E-state index contributed by atoms with van der Waals surface area (Å²) in [6.07, 6.45) is 1.99. The summed E-state index contributed by atoms with van der Waals surface area (Å²) in [5.41, 5.74) is 1.11. The molecule has 0 aliphatic carbocycles. The van der Waals surface area contributed by atoms with Crippen LogP contribution in [0.4, 0.5) is 5.69 Å². The standard InChI is InChI=1S/C26H33Cl2N3O5S/c1-6-17(3)29-26(34)24(7-2)30(15-19-11-12-22(27)23(28)13-19)25(33)16-31(37(5,35)36)21-10-8-9-20(14-21)18(4)32/h8-14,17,24H,6-7,15-16H2,1-5H3,(H,29,34). The number of anilines is 1. The second kappa shape index (κ2) is 13.3. The zero-order chi connectivity index (χ0) is 27.9. The molecule has 0 saturated carbocycles. The number of benzene rings is 2. The Morgan fingerprint density at radius 1 is 1.00 bits per heavy atom. The van der Waals surface area contributed by atoms with Gasteiger partial charge in [0.1, 0.15) is 12.6 Å². The quantitative estimate of drug-likeness (QED) is 0.373. The average molecular weight is 571 g/mol. The number of Topliss-reactive ketones (excluding diaryl/α,β-unsaturated/α-hetero) is 1. The predicted molar refractivity (Wildman–Crippen MR) is 148 cm³/mol.